The summed E-state index contributed by atoms with van der Waals surface area (Å²) in [6.07, 6.45) is 3.91. The monoisotopic (exact) mass is 512 g/mol. The molecule has 0 spiro atoms. The lowest BCUT2D eigenvalue weighted by Crippen LogP contribution is -2.48. The second-order valence-corrected chi connectivity index (χ2v) is 12.2. The van der Waals surface area contributed by atoms with Gasteiger partial charge in [-0.3, -0.25) is 10.1 Å². The van der Waals surface area contributed by atoms with E-state index in [0.29, 0.717) is 29.0 Å². The SMILES string of the molecule is Cc1cc(Cl)nc(C)c1C(=O)NCCC(C)N1CCC(N[C@@H](c2ccsc2)S(C)(=O)=O)CC1. The average molecular weight is 513 g/mol. The van der Waals surface area contributed by atoms with Gasteiger partial charge in [0.25, 0.3) is 5.91 Å². The molecule has 1 aliphatic rings. The van der Waals surface area contributed by atoms with Crippen molar-refractivity contribution in [3.63, 3.8) is 0 Å². The molecule has 0 aromatic carbocycles. The Morgan fingerprint density at radius 3 is 2.61 bits per heavy atom. The van der Waals surface area contributed by atoms with Crippen molar-refractivity contribution in [1.29, 1.82) is 0 Å². The second-order valence-electron chi connectivity index (χ2n) is 8.86. The molecule has 1 unspecified atom stereocenters. The van der Waals surface area contributed by atoms with Crippen LogP contribution in [0.3, 0.4) is 0 Å². The van der Waals surface area contributed by atoms with Crippen molar-refractivity contribution in [3.05, 3.63) is 50.4 Å². The number of carbonyl (C=O) groups is 1. The van der Waals surface area contributed by atoms with Gasteiger partial charge in [-0.2, -0.15) is 11.3 Å². The van der Waals surface area contributed by atoms with E-state index >= 15 is 0 Å². The Labute approximate surface area is 205 Å². The van der Waals surface area contributed by atoms with Crippen LogP contribution < -0.4 is 10.6 Å². The molecule has 10 heteroatoms. The Bertz CT molecular complexity index is 1030. The normalized spacial score (nSPS) is 17.6. The largest absolute Gasteiger partial charge is 0.352 e. The number of hydrogen-bond donors (Lipinski definition) is 2. The number of nitrogens with one attached hydrogen (secondary N) is 2. The Balaban J connectivity index is 1.46. The number of thiophene rings is 1. The number of rotatable bonds is 9. The topological polar surface area (TPSA) is 91.4 Å². The van der Waals surface area contributed by atoms with Crippen LogP contribution in [0, 0.1) is 13.8 Å². The lowest BCUT2D eigenvalue weighted by molar-refractivity contribution is 0.0942. The van der Waals surface area contributed by atoms with E-state index in [2.05, 4.69) is 27.4 Å². The molecular weight excluding hydrogens is 480 g/mol. The number of halogens is 1. The number of piperidine rings is 1. The Kier molecular flexibility index (Phi) is 8.91. The van der Waals surface area contributed by atoms with E-state index in [1.165, 1.54) is 17.6 Å². The third kappa shape index (κ3) is 6.99. The minimum atomic E-state index is -3.24. The van der Waals surface area contributed by atoms with Crippen molar-refractivity contribution in [1.82, 2.24) is 20.5 Å². The molecule has 1 saturated heterocycles. The first-order chi connectivity index (χ1) is 15.6. The van der Waals surface area contributed by atoms with Crippen LogP contribution in [-0.2, 0) is 9.84 Å². The molecule has 2 aromatic heterocycles. The van der Waals surface area contributed by atoms with Crippen LogP contribution >= 0.6 is 22.9 Å². The van der Waals surface area contributed by atoms with Gasteiger partial charge in [-0.1, -0.05) is 11.6 Å². The fourth-order valence-electron chi connectivity index (χ4n) is 4.41. The van der Waals surface area contributed by atoms with Crippen molar-refractivity contribution < 1.29 is 13.2 Å². The predicted molar refractivity (Wildman–Crippen MR) is 135 cm³/mol. The molecule has 2 N–H and O–H groups in total. The van der Waals surface area contributed by atoms with E-state index in [9.17, 15) is 13.2 Å². The highest BCUT2D eigenvalue weighted by Crippen LogP contribution is 2.25. The molecule has 33 heavy (non-hydrogen) atoms. The maximum Gasteiger partial charge on any atom is 0.253 e. The van der Waals surface area contributed by atoms with E-state index in [0.717, 1.165) is 43.5 Å². The number of aryl methyl sites for hydroxylation is 2. The number of likely N-dealkylation sites (tertiary alicyclic amines) is 1. The molecule has 1 fully saturated rings. The molecule has 0 bridgehead atoms. The number of sulfone groups is 1. The molecular formula is C23H33ClN4O3S2. The minimum Gasteiger partial charge on any atom is -0.352 e. The van der Waals surface area contributed by atoms with Crippen molar-refractivity contribution in [2.75, 3.05) is 25.9 Å². The zero-order valence-corrected chi connectivity index (χ0v) is 22.0. The molecule has 3 heterocycles. The summed E-state index contributed by atoms with van der Waals surface area (Å²) in [6.45, 7) is 8.20. The van der Waals surface area contributed by atoms with Crippen LogP contribution in [0.5, 0.6) is 0 Å². The van der Waals surface area contributed by atoms with E-state index < -0.39 is 15.2 Å². The van der Waals surface area contributed by atoms with Crippen LogP contribution in [0.2, 0.25) is 5.15 Å². The summed E-state index contributed by atoms with van der Waals surface area (Å²) in [5.41, 5.74) is 2.86. The van der Waals surface area contributed by atoms with Crippen LogP contribution in [0.15, 0.2) is 22.9 Å². The summed E-state index contributed by atoms with van der Waals surface area (Å²) in [4.78, 5) is 19.2. The van der Waals surface area contributed by atoms with Gasteiger partial charge < -0.3 is 10.2 Å². The highest BCUT2D eigenvalue weighted by molar-refractivity contribution is 7.90. The van der Waals surface area contributed by atoms with E-state index in [4.69, 9.17) is 11.6 Å². The van der Waals surface area contributed by atoms with E-state index in [-0.39, 0.29) is 11.9 Å². The number of pyridine rings is 1. The van der Waals surface area contributed by atoms with Crippen molar-refractivity contribution in [3.8, 4) is 0 Å². The standard InChI is InChI=1S/C23H33ClN4O3S2/c1-15-13-20(24)26-17(3)21(15)22(29)25-9-5-16(2)28-10-6-19(7-11-28)27-23(33(4,30)31)18-8-12-32-14-18/h8,12-14,16,19,23,27H,5-7,9-11H2,1-4H3,(H,25,29)/t16?,23-/m1/s1. The van der Waals surface area contributed by atoms with Gasteiger partial charge in [-0.15, -0.1) is 0 Å². The van der Waals surface area contributed by atoms with Crippen molar-refractivity contribution in [2.24, 2.45) is 0 Å². The number of carbonyl (C=O) groups excluding carboxylic acids is 1. The van der Waals surface area contributed by atoms with Crippen LogP contribution in [-0.4, -0.2) is 62.2 Å². The third-order valence-corrected chi connectivity index (χ3v) is 8.41. The van der Waals surface area contributed by atoms with Crippen LogP contribution in [0.25, 0.3) is 0 Å². The zero-order valence-electron chi connectivity index (χ0n) is 19.6. The molecule has 0 aliphatic carbocycles. The van der Waals surface area contributed by atoms with Crippen molar-refractivity contribution in [2.45, 2.75) is 57.5 Å². The summed E-state index contributed by atoms with van der Waals surface area (Å²) in [6, 6.07) is 4.06. The van der Waals surface area contributed by atoms with Crippen molar-refractivity contribution >= 4 is 38.7 Å². The number of nitrogens with zero attached hydrogens (tertiary/aromatic N) is 2. The molecule has 0 radical (unpaired) electrons. The van der Waals surface area contributed by atoms with Gasteiger partial charge in [0.15, 0.2) is 9.84 Å². The molecule has 1 amide bonds. The zero-order chi connectivity index (χ0) is 24.2. The Hall–Kier alpha value is -1.52. The summed E-state index contributed by atoms with van der Waals surface area (Å²) < 4.78 is 24.6. The van der Waals surface area contributed by atoms with Gasteiger partial charge in [0, 0.05) is 24.9 Å². The summed E-state index contributed by atoms with van der Waals surface area (Å²) >= 11 is 7.47. The molecule has 2 aromatic rings. The Morgan fingerprint density at radius 1 is 1.33 bits per heavy atom. The number of amides is 1. The third-order valence-electron chi connectivity index (χ3n) is 6.26. The number of hydrogen-bond acceptors (Lipinski definition) is 7. The Morgan fingerprint density at radius 2 is 2.03 bits per heavy atom. The maximum atomic E-state index is 12.6. The van der Waals surface area contributed by atoms with Gasteiger partial charge >= 0.3 is 0 Å². The fraction of sp³-hybridized carbons (Fsp3) is 0.565. The molecule has 1 aliphatic heterocycles. The minimum absolute atomic E-state index is 0.121. The summed E-state index contributed by atoms with van der Waals surface area (Å²) in [5.74, 6) is -0.121. The molecule has 3 rings (SSSR count). The van der Waals surface area contributed by atoms with E-state index in [1.54, 1.807) is 13.0 Å². The first kappa shape index (κ1) is 26.1. The summed E-state index contributed by atoms with van der Waals surface area (Å²) in [5, 5.41) is 9.93. The summed E-state index contributed by atoms with van der Waals surface area (Å²) in [7, 11) is -3.24. The van der Waals surface area contributed by atoms with Gasteiger partial charge in [0.2, 0.25) is 0 Å². The van der Waals surface area contributed by atoms with Crippen LogP contribution in [0.4, 0.5) is 0 Å². The molecule has 7 nitrogen and oxygen atoms in total. The second kappa shape index (κ2) is 11.3. The van der Waals surface area contributed by atoms with Gasteiger partial charge in [-0.25, -0.2) is 13.4 Å². The molecule has 182 valence electrons. The van der Waals surface area contributed by atoms with E-state index in [1.807, 2.05) is 23.8 Å². The fourth-order valence-corrected chi connectivity index (χ4v) is 6.55. The maximum absolute atomic E-state index is 12.6. The average Bonchev–Trinajstić information content (AvgIpc) is 3.25. The highest BCUT2D eigenvalue weighted by Gasteiger charge is 2.29. The van der Waals surface area contributed by atoms with Gasteiger partial charge in [-0.05, 0) is 87.1 Å². The van der Waals surface area contributed by atoms with Gasteiger partial charge in [0.05, 0.1) is 11.3 Å². The number of aromatic nitrogens is 1. The first-order valence-corrected chi connectivity index (χ1v) is 14.5. The quantitative estimate of drug-likeness (QED) is 0.497. The first-order valence-electron chi connectivity index (χ1n) is 11.2. The lowest BCUT2D eigenvalue weighted by atomic mass is 10.0. The van der Waals surface area contributed by atoms with Gasteiger partial charge in [0.1, 0.15) is 10.5 Å². The molecule has 0 saturated carbocycles. The highest BCUT2D eigenvalue weighted by atomic mass is 35.5. The smallest absolute Gasteiger partial charge is 0.253 e. The lowest BCUT2D eigenvalue weighted by Gasteiger charge is -2.37. The van der Waals surface area contributed by atoms with Crippen LogP contribution in [0.1, 0.15) is 58.7 Å². The molecule has 2 atom stereocenters. The predicted octanol–water partition coefficient (Wildman–Crippen LogP) is 3.72.